The number of hydrogen-bond acceptors (Lipinski definition) is 3. The first-order valence-corrected chi connectivity index (χ1v) is 8.52. The van der Waals surface area contributed by atoms with Gasteiger partial charge in [0.2, 0.25) is 0 Å². The Kier molecular flexibility index (Phi) is 4.07. The fourth-order valence-electron chi connectivity index (χ4n) is 5.02. The number of rotatable bonds is 2. The first-order valence-electron chi connectivity index (χ1n) is 8.52. The highest BCUT2D eigenvalue weighted by molar-refractivity contribution is 5.89. The van der Waals surface area contributed by atoms with Gasteiger partial charge in [0.05, 0.1) is 6.61 Å². The maximum Gasteiger partial charge on any atom is 0.168 e. The normalized spacial score (nSPS) is 44.2. The van der Waals surface area contributed by atoms with Crippen LogP contribution in [0.2, 0.25) is 0 Å². The molecule has 0 aromatic heterocycles. The van der Waals surface area contributed by atoms with Crippen molar-refractivity contribution in [1.29, 1.82) is 0 Å². The molecule has 3 rings (SSSR count). The lowest BCUT2D eigenvalue weighted by Gasteiger charge is -2.36. The molecule has 1 fully saturated rings. The molecule has 1 unspecified atom stereocenters. The maximum absolute atomic E-state index is 12.8. The van der Waals surface area contributed by atoms with Gasteiger partial charge in [-0.05, 0) is 44.1 Å². The lowest BCUT2D eigenvalue weighted by molar-refractivity contribution is -0.130. The van der Waals surface area contributed by atoms with Gasteiger partial charge < -0.3 is 9.84 Å². The minimum Gasteiger partial charge on any atom is -0.384 e. The smallest absolute Gasteiger partial charge is 0.168 e. The van der Waals surface area contributed by atoms with Crippen molar-refractivity contribution in [2.75, 3.05) is 13.7 Å². The average molecular weight is 304 g/mol. The van der Waals surface area contributed by atoms with Gasteiger partial charge in [-0.3, -0.25) is 4.79 Å². The average Bonchev–Trinajstić information content (AvgIpc) is 2.99. The van der Waals surface area contributed by atoms with E-state index in [-0.39, 0.29) is 23.0 Å². The van der Waals surface area contributed by atoms with E-state index in [1.54, 1.807) is 7.11 Å². The molecule has 0 bridgehead atoms. The predicted octanol–water partition coefficient (Wildman–Crippen LogP) is 3.28. The van der Waals surface area contributed by atoms with E-state index in [9.17, 15) is 9.90 Å². The Morgan fingerprint density at radius 2 is 2.14 bits per heavy atom. The molecule has 0 radical (unpaired) electrons. The molecule has 0 aliphatic heterocycles. The molecule has 22 heavy (non-hydrogen) atoms. The van der Waals surface area contributed by atoms with Crippen LogP contribution in [0.15, 0.2) is 22.8 Å². The molecule has 3 heteroatoms. The summed E-state index contributed by atoms with van der Waals surface area (Å²) in [6.07, 6.45) is 5.59. The highest BCUT2D eigenvalue weighted by atomic mass is 16.5. The van der Waals surface area contributed by atoms with Gasteiger partial charge >= 0.3 is 0 Å². The Bertz CT molecular complexity index is 545. The molecule has 1 saturated carbocycles. The molecular formula is C19H28O3. The van der Waals surface area contributed by atoms with Crippen molar-refractivity contribution in [2.24, 2.45) is 23.2 Å². The number of fused-ring (bicyclic) bond motifs is 2. The topological polar surface area (TPSA) is 46.5 Å². The number of methoxy groups -OCH3 is 1. The van der Waals surface area contributed by atoms with E-state index in [0.717, 1.165) is 37.9 Å². The van der Waals surface area contributed by atoms with Gasteiger partial charge in [-0.2, -0.15) is 0 Å². The van der Waals surface area contributed by atoms with Gasteiger partial charge in [-0.15, -0.1) is 0 Å². The molecule has 3 nitrogen and oxygen atoms in total. The highest BCUT2D eigenvalue weighted by Gasteiger charge is 2.47. The third kappa shape index (κ3) is 2.30. The number of Topliss-reactive ketones (excluding diaryl/α,β-unsaturated/α-hetero) is 1. The summed E-state index contributed by atoms with van der Waals surface area (Å²) in [7, 11) is 1.75. The van der Waals surface area contributed by atoms with Crippen LogP contribution < -0.4 is 0 Å². The summed E-state index contributed by atoms with van der Waals surface area (Å²) in [5, 5.41) is 10.7. The van der Waals surface area contributed by atoms with E-state index in [2.05, 4.69) is 19.9 Å². The van der Waals surface area contributed by atoms with Gasteiger partial charge in [0.15, 0.2) is 5.78 Å². The molecule has 122 valence electrons. The second-order valence-electron chi connectivity index (χ2n) is 7.69. The third-order valence-corrected chi connectivity index (χ3v) is 6.27. The molecule has 0 saturated heterocycles. The number of ether oxygens (including phenoxy) is 1. The van der Waals surface area contributed by atoms with E-state index in [1.807, 2.05) is 6.92 Å². The predicted molar refractivity (Wildman–Crippen MR) is 86.4 cm³/mol. The number of hydrogen-bond donors (Lipinski definition) is 1. The number of ketones is 1. The van der Waals surface area contributed by atoms with Crippen molar-refractivity contribution in [3.63, 3.8) is 0 Å². The highest BCUT2D eigenvalue weighted by Crippen LogP contribution is 2.52. The standard InChI is InChI=1S/C19H28O3/c1-11-7-8-19(3)9-15-13(10-22-4)5-6-14(15)12(2)17(20)18(21)16(11)19/h9,12-14,18,21H,5-8,10H2,1-4H3/b15-9-/t12-,13-,14?,18-,19-/m1/s1. The monoisotopic (exact) mass is 304 g/mol. The zero-order chi connectivity index (χ0) is 16.1. The summed E-state index contributed by atoms with van der Waals surface area (Å²) in [4.78, 5) is 12.8. The number of allylic oxidation sites excluding steroid dienone is 2. The number of aliphatic hydroxyl groups excluding tert-OH is 1. The van der Waals surface area contributed by atoms with Crippen molar-refractivity contribution in [1.82, 2.24) is 0 Å². The Hall–Kier alpha value is -0.930. The molecule has 1 N–H and O–H groups in total. The molecule has 5 atom stereocenters. The van der Waals surface area contributed by atoms with Crippen LogP contribution >= 0.6 is 0 Å². The van der Waals surface area contributed by atoms with Crippen molar-refractivity contribution >= 4 is 5.78 Å². The fraction of sp³-hybridized carbons (Fsp3) is 0.737. The van der Waals surface area contributed by atoms with E-state index in [4.69, 9.17) is 4.74 Å². The van der Waals surface area contributed by atoms with Crippen molar-refractivity contribution in [2.45, 2.75) is 52.6 Å². The molecular weight excluding hydrogens is 276 g/mol. The van der Waals surface area contributed by atoms with E-state index >= 15 is 0 Å². The summed E-state index contributed by atoms with van der Waals surface area (Å²) in [5.41, 5.74) is 3.42. The van der Waals surface area contributed by atoms with Crippen LogP contribution in [0.25, 0.3) is 0 Å². The minimum atomic E-state index is -0.915. The Labute approximate surface area is 133 Å². The molecule has 0 aromatic rings. The van der Waals surface area contributed by atoms with Crippen LogP contribution in [0, 0.1) is 23.2 Å². The zero-order valence-electron chi connectivity index (χ0n) is 14.2. The Morgan fingerprint density at radius 1 is 1.41 bits per heavy atom. The first-order chi connectivity index (χ1) is 10.4. The summed E-state index contributed by atoms with van der Waals surface area (Å²) in [5.74, 6) is 0.616. The number of carbonyl (C=O) groups is 1. The van der Waals surface area contributed by atoms with Crippen LogP contribution in [0.4, 0.5) is 0 Å². The van der Waals surface area contributed by atoms with E-state index in [1.165, 1.54) is 11.1 Å². The van der Waals surface area contributed by atoms with Crippen molar-refractivity contribution in [3.05, 3.63) is 22.8 Å². The molecule has 0 spiro atoms. The lowest BCUT2D eigenvalue weighted by atomic mass is 9.70. The zero-order valence-corrected chi connectivity index (χ0v) is 14.2. The molecule has 3 aliphatic carbocycles. The van der Waals surface area contributed by atoms with E-state index in [0.29, 0.717) is 5.92 Å². The summed E-state index contributed by atoms with van der Waals surface area (Å²) in [6.45, 7) is 6.99. The molecule has 0 heterocycles. The quantitative estimate of drug-likeness (QED) is 0.796. The van der Waals surface area contributed by atoms with Crippen molar-refractivity contribution in [3.8, 4) is 0 Å². The Balaban J connectivity index is 2.11. The van der Waals surface area contributed by atoms with Gasteiger partial charge in [0, 0.05) is 24.4 Å². The summed E-state index contributed by atoms with van der Waals surface area (Å²) >= 11 is 0. The Morgan fingerprint density at radius 3 is 2.82 bits per heavy atom. The molecule has 3 aliphatic rings. The third-order valence-electron chi connectivity index (χ3n) is 6.27. The van der Waals surface area contributed by atoms with Gasteiger partial charge in [0.1, 0.15) is 6.10 Å². The van der Waals surface area contributed by atoms with Crippen LogP contribution in [0.5, 0.6) is 0 Å². The summed E-state index contributed by atoms with van der Waals surface area (Å²) < 4.78 is 5.41. The van der Waals surface area contributed by atoms with Gasteiger partial charge in [-0.1, -0.05) is 31.1 Å². The van der Waals surface area contributed by atoms with Gasteiger partial charge in [0.25, 0.3) is 0 Å². The number of aliphatic hydroxyl groups is 1. The second kappa shape index (κ2) is 5.61. The summed E-state index contributed by atoms with van der Waals surface area (Å²) in [6, 6.07) is 0. The first kappa shape index (κ1) is 15.9. The number of carbonyl (C=O) groups excluding carboxylic acids is 1. The fourth-order valence-corrected chi connectivity index (χ4v) is 5.02. The van der Waals surface area contributed by atoms with Crippen LogP contribution in [-0.4, -0.2) is 30.7 Å². The van der Waals surface area contributed by atoms with Crippen LogP contribution in [0.1, 0.15) is 46.5 Å². The molecule has 0 aromatic carbocycles. The van der Waals surface area contributed by atoms with Crippen LogP contribution in [0.3, 0.4) is 0 Å². The second-order valence-corrected chi connectivity index (χ2v) is 7.69. The minimum absolute atomic E-state index is 0.0103. The maximum atomic E-state index is 12.8. The molecule has 0 amide bonds. The lowest BCUT2D eigenvalue weighted by Crippen LogP contribution is -2.39. The van der Waals surface area contributed by atoms with E-state index < -0.39 is 6.10 Å². The largest absolute Gasteiger partial charge is 0.384 e. The SMILES string of the molecule is COC[C@H]1CCC2/C1=C\[C@@]1(C)CCC(C)=C1[C@@H](O)C(=O)[C@@H]2C. The van der Waals surface area contributed by atoms with Gasteiger partial charge in [-0.25, -0.2) is 0 Å². The van der Waals surface area contributed by atoms with Crippen molar-refractivity contribution < 1.29 is 14.6 Å². The van der Waals surface area contributed by atoms with Crippen LogP contribution in [-0.2, 0) is 9.53 Å².